The molecule has 1 unspecified atom stereocenters. The predicted molar refractivity (Wildman–Crippen MR) is 54.2 cm³/mol. The molecule has 0 N–H and O–H groups in total. The second kappa shape index (κ2) is 4.41. The van der Waals surface area contributed by atoms with E-state index in [1.165, 1.54) is 0 Å². The molecule has 3 nitrogen and oxygen atoms in total. The Morgan fingerprint density at radius 2 is 2.21 bits per heavy atom. The molecule has 0 radical (unpaired) electrons. The Morgan fingerprint density at radius 3 is 2.86 bits per heavy atom. The van der Waals surface area contributed by atoms with E-state index >= 15 is 0 Å². The molecular formula is C11H19NO2. The van der Waals surface area contributed by atoms with Gasteiger partial charge in [-0.1, -0.05) is 0 Å². The monoisotopic (exact) mass is 197 g/mol. The van der Waals surface area contributed by atoms with Crippen LogP contribution >= 0.6 is 0 Å². The zero-order valence-corrected chi connectivity index (χ0v) is 8.87. The molecule has 80 valence electrons. The molecule has 3 heteroatoms. The van der Waals surface area contributed by atoms with Crippen molar-refractivity contribution >= 4 is 5.78 Å². The Balaban J connectivity index is 1.76. The molecule has 1 saturated carbocycles. The first-order valence-corrected chi connectivity index (χ1v) is 5.57. The van der Waals surface area contributed by atoms with Crippen molar-refractivity contribution in [2.75, 3.05) is 26.7 Å². The number of hydrogen-bond donors (Lipinski definition) is 0. The van der Waals surface area contributed by atoms with Crippen LogP contribution in [0.3, 0.4) is 0 Å². The van der Waals surface area contributed by atoms with Crippen LogP contribution in [0.2, 0.25) is 0 Å². The number of carbonyl (C=O) groups is 1. The van der Waals surface area contributed by atoms with E-state index in [1.807, 2.05) is 0 Å². The van der Waals surface area contributed by atoms with E-state index in [1.54, 1.807) is 7.11 Å². The predicted octanol–water partition coefficient (Wildman–Crippen LogP) is 1.08. The van der Waals surface area contributed by atoms with Crippen LogP contribution in [0.5, 0.6) is 0 Å². The molecule has 0 spiro atoms. The summed E-state index contributed by atoms with van der Waals surface area (Å²) in [7, 11) is 1.76. The van der Waals surface area contributed by atoms with Crippen LogP contribution in [0.25, 0.3) is 0 Å². The fourth-order valence-corrected chi connectivity index (χ4v) is 2.10. The normalized spacial score (nSPS) is 29.1. The van der Waals surface area contributed by atoms with E-state index in [0.29, 0.717) is 24.3 Å². The Kier molecular flexibility index (Phi) is 3.19. The van der Waals surface area contributed by atoms with Gasteiger partial charge in [-0.2, -0.15) is 0 Å². The van der Waals surface area contributed by atoms with Crippen molar-refractivity contribution < 1.29 is 9.53 Å². The van der Waals surface area contributed by atoms with E-state index < -0.39 is 0 Å². The summed E-state index contributed by atoms with van der Waals surface area (Å²) in [4.78, 5) is 13.8. The molecular weight excluding hydrogens is 178 g/mol. The third-order valence-corrected chi connectivity index (χ3v) is 3.21. The number of carbonyl (C=O) groups excluding carboxylic acids is 1. The second-order valence-corrected chi connectivity index (χ2v) is 4.48. The van der Waals surface area contributed by atoms with Gasteiger partial charge in [0, 0.05) is 19.6 Å². The van der Waals surface area contributed by atoms with Crippen molar-refractivity contribution in [2.45, 2.75) is 31.8 Å². The molecule has 1 aliphatic heterocycles. The standard InChI is InChI=1S/C11H19NO2/c1-14-10-3-2-6-12(7-10)8-11(13)9-4-5-9/h9-10H,2-8H2,1H3. The summed E-state index contributed by atoms with van der Waals surface area (Å²) >= 11 is 0. The number of piperidine rings is 1. The smallest absolute Gasteiger partial charge is 0.149 e. The average Bonchev–Trinajstić information content (AvgIpc) is 3.01. The molecule has 1 atom stereocenters. The number of methoxy groups -OCH3 is 1. The van der Waals surface area contributed by atoms with Crippen molar-refractivity contribution in [1.29, 1.82) is 0 Å². The van der Waals surface area contributed by atoms with Gasteiger partial charge < -0.3 is 4.74 Å². The van der Waals surface area contributed by atoms with Gasteiger partial charge in [-0.3, -0.25) is 9.69 Å². The highest BCUT2D eigenvalue weighted by molar-refractivity contribution is 5.84. The minimum Gasteiger partial charge on any atom is -0.380 e. The van der Waals surface area contributed by atoms with Gasteiger partial charge in [-0.05, 0) is 32.2 Å². The van der Waals surface area contributed by atoms with E-state index in [4.69, 9.17) is 4.74 Å². The van der Waals surface area contributed by atoms with Crippen molar-refractivity contribution in [3.8, 4) is 0 Å². The van der Waals surface area contributed by atoms with Crippen LogP contribution in [-0.4, -0.2) is 43.5 Å². The number of nitrogens with zero attached hydrogens (tertiary/aromatic N) is 1. The van der Waals surface area contributed by atoms with Crippen LogP contribution in [0.1, 0.15) is 25.7 Å². The maximum absolute atomic E-state index is 11.6. The van der Waals surface area contributed by atoms with Gasteiger partial charge in [-0.15, -0.1) is 0 Å². The molecule has 0 amide bonds. The highest BCUT2D eigenvalue weighted by atomic mass is 16.5. The number of likely N-dealkylation sites (tertiary alicyclic amines) is 1. The highest BCUT2D eigenvalue weighted by Gasteiger charge is 2.31. The van der Waals surface area contributed by atoms with Gasteiger partial charge in [0.1, 0.15) is 5.78 Å². The summed E-state index contributed by atoms with van der Waals surface area (Å²) in [6.45, 7) is 2.66. The average molecular weight is 197 g/mol. The van der Waals surface area contributed by atoms with E-state index in [2.05, 4.69) is 4.90 Å². The van der Waals surface area contributed by atoms with E-state index in [-0.39, 0.29) is 0 Å². The van der Waals surface area contributed by atoms with Crippen molar-refractivity contribution in [3.05, 3.63) is 0 Å². The molecule has 1 aliphatic carbocycles. The summed E-state index contributed by atoms with van der Waals surface area (Å²) in [6, 6.07) is 0. The van der Waals surface area contributed by atoms with Crippen molar-refractivity contribution in [1.82, 2.24) is 4.90 Å². The second-order valence-electron chi connectivity index (χ2n) is 4.48. The minimum absolute atomic E-state index is 0.343. The summed E-state index contributed by atoms with van der Waals surface area (Å²) in [5.74, 6) is 0.847. The zero-order valence-electron chi connectivity index (χ0n) is 8.87. The van der Waals surface area contributed by atoms with Crippen LogP contribution in [0.4, 0.5) is 0 Å². The maximum atomic E-state index is 11.6. The molecule has 0 aromatic heterocycles. The lowest BCUT2D eigenvalue weighted by Crippen LogP contribution is -2.42. The number of hydrogen-bond acceptors (Lipinski definition) is 3. The van der Waals surface area contributed by atoms with Crippen molar-refractivity contribution in [2.24, 2.45) is 5.92 Å². The van der Waals surface area contributed by atoms with E-state index in [0.717, 1.165) is 38.8 Å². The Labute approximate surface area is 85.4 Å². The Bertz CT molecular complexity index is 213. The number of ketones is 1. The quantitative estimate of drug-likeness (QED) is 0.675. The minimum atomic E-state index is 0.343. The van der Waals surface area contributed by atoms with Gasteiger partial charge in [0.15, 0.2) is 0 Å². The van der Waals surface area contributed by atoms with Crippen LogP contribution < -0.4 is 0 Å². The van der Waals surface area contributed by atoms with Gasteiger partial charge in [0.2, 0.25) is 0 Å². The zero-order chi connectivity index (χ0) is 9.97. The Morgan fingerprint density at radius 1 is 1.43 bits per heavy atom. The molecule has 0 aromatic rings. The summed E-state index contributed by atoms with van der Waals surface area (Å²) in [5, 5.41) is 0. The van der Waals surface area contributed by atoms with Crippen LogP contribution in [0, 0.1) is 5.92 Å². The lowest BCUT2D eigenvalue weighted by Gasteiger charge is -2.31. The molecule has 1 heterocycles. The fraction of sp³-hybridized carbons (Fsp3) is 0.909. The topological polar surface area (TPSA) is 29.5 Å². The first-order valence-electron chi connectivity index (χ1n) is 5.57. The third kappa shape index (κ3) is 2.55. The Hall–Kier alpha value is -0.410. The summed E-state index contributed by atoms with van der Waals surface area (Å²) in [5.41, 5.74) is 0. The maximum Gasteiger partial charge on any atom is 0.149 e. The molecule has 2 aliphatic rings. The van der Waals surface area contributed by atoms with Gasteiger partial charge in [-0.25, -0.2) is 0 Å². The molecule has 2 fully saturated rings. The first kappa shape index (κ1) is 10.1. The van der Waals surface area contributed by atoms with Gasteiger partial charge in [0.25, 0.3) is 0 Å². The first-order chi connectivity index (χ1) is 6.79. The summed E-state index contributed by atoms with van der Waals surface area (Å²) in [6.07, 6.45) is 4.90. The molecule has 0 aromatic carbocycles. The third-order valence-electron chi connectivity index (χ3n) is 3.21. The molecule has 0 bridgehead atoms. The highest BCUT2D eigenvalue weighted by Crippen LogP contribution is 2.30. The fourth-order valence-electron chi connectivity index (χ4n) is 2.10. The lowest BCUT2D eigenvalue weighted by molar-refractivity contribution is -0.122. The van der Waals surface area contributed by atoms with Gasteiger partial charge >= 0.3 is 0 Å². The number of Topliss-reactive ketones (excluding diaryl/α,β-unsaturated/α-hetero) is 1. The molecule has 14 heavy (non-hydrogen) atoms. The number of rotatable bonds is 4. The largest absolute Gasteiger partial charge is 0.380 e. The molecule has 1 saturated heterocycles. The SMILES string of the molecule is COC1CCCN(CC(=O)C2CC2)C1. The lowest BCUT2D eigenvalue weighted by atomic mass is 10.1. The van der Waals surface area contributed by atoms with Crippen LogP contribution in [-0.2, 0) is 9.53 Å². The van der Waals surface area contributed by atoms with Crippen molar-refractivity contribution in [3.63, 3.8) is 0 Å². The molecule has 2 rings (SSSR count). The number of ether oxygens (including phenoxy) is 1. The van der Waals surface area contributed by atoms with Crippen LogP contribution in [0.15, 0.2) is 0 Å². The van der Waals surface area contributed by atoms with Gasteiger partial charge in [0.05, 0.1) is 12.6 Å². The van der Waals surface area contributed by atoms with E-state index in [9.17, 15) is 4.79 Å². The summed E-state index contributed by atoms with van der Waals surface area (Å²) < 4.78 is 5.33.